The van der Waals surface area contributed by atoms with Gasteiger partial charge in [0.05, 0.1) is 6.20 Å². The topological polar surface area (TPSA) is 74.5 Å². The molecule has 0 N–H and O–H groups in total. The molecule has 0 aliphatic carbocycles. The van der Waals surface area contributed by atoms with E-state index in [1.54, 1.807) is 6.20 Å². The molecule has 13 heavy (non-hydrogen) atoms. The van der Waals surface area contributed by atoms with Gasteiger partial charge in [0, 0.05) is 15.7 Å². The Morgan fingerprint density at radius 1 is 1.31 bits per heavy atom. The first-order chi connectivity index (χ1) is 6.42. The summed E-state index contributed by atoms with van der Waals surface area (Å²) in [4.78, 5) is 2.68. The standard InChI is InChI=1S/C8H5N5/c9-13-12-8-7-4-2-1-3-6(7)5-10-11-8/h1-5H. The van der Waals surface area contributed by atoms with Crippen LogP contribution >= 0.6 is 0 Å². The number of fused-ring (bicyclic) bond motifs is 1. The van der Waals surface area contributed by atoms with Crippen molar-refractivity contribution in [2.75, 3.05) is 0 Å². The SMILES string of the molecule is [N-]=[N+]=Nc1nncc2ccccc12. The van der Waals surface area contributed by atoms with Gasteiger partial charge in [-0.15, -0.1) is 5.10 Å². The highest BCUT2D eigenvalue weighted by Crippen LogP contribution is 2.21. The lowest BCUT2D eigenvalue weighted by atomic mass is 10.2. The Morgan fingerprint density at radius 3 is 3.00 bits per heavy atom. The summed E-state index contributed by atoms with van der Waals surface area (Å²) in [6.45, 7) is 0. The van der Waals surface area contributed by atoms with Gasteiger partial charge in [0.15, 0.2) is 5.82 Å². The molecule has 1 aromatic heterocycles. The van der Waals surface area contributed by atoms with Crippen molar-refractivity contribution in [1.82, 2.24) is 10.2 Å². The fourth-order valence-electron chi connectivity index (χ4n) is 1.13. The predicted octanol–water partition coefficient (Wildman–Crippen LogP) is 2.57. The molecule has 1 aromatic carbocycles. The summed E-state index contributed by atoms with van der Waals surface area (Å²) >= 11 is 0. The third kappa shape index (κ3) is 1.28. The smallest absolute Gasteiger partial charge is 0.157 e. The van der Waals surface area contributed by atoms with E-state index < -0.39 is 0 Å². The minimum atomic E-state index is 0.320. The van der Waals surface area contributed by atoms with Crippen LogP contribution in [0.15, 0.2) is 35.6 Å². The van der Waals surface area contributed by atoms with E-state index in [1.807, 2.05) is 24.3 Å². The first-order valence-electron chi connectivity index (χ1n) is 3.67. The Hall–Kier alpha value is -2.13. The number of azide groups is 1. The van der Waals surface area contributed by atoms with Crippen molar-refractivity contribution in [3.05, 3.63) is 40.9 Å². The molecular formula is C8H5N5. The minimum Gasteiger partial charge on any atom is -0.158 e. The van der Waals surface area contributed by atoms with E-state index in [4.69, 9.17) is 5.53 Å². The predicted molar refractivity (Wildman–Crippen MR) is 48.3 cm³/mol. The lowest BCUT2D eigenvalue weighted by molar-refractivity contribution is 1.04. The number of hydrogen-bond donors (Lipinski definition) is 0. The largest absolute Gasteiger partial charge is 0.158 e. The Labute approximate surface area is 73.7 Å². The van der Waals surface area contributed by atoms with Gasteiger partial charge in [-0.1, -0.05) is 24.3 Å². The molecule has 0 atom stereocenters. The molecule has 0 radical (unpaired) electrons. The van der Waals surface area contributed by atoms with E-state index in [-0.39, 0.29) is 0 Å². The molecular weight excluding hydrogens is 166 g/mol. The fraction of sp³-hybridized carbons (Fsp3) is 0. The lowest BCUT2D eigenvalue weighted by Crippen LogP contribution is -1.81. The van der Waals surface area contributed by atoms with Crippen molar-refractivity contribution in [2.45, 2.75) is 0 Å². The Bertz CT molecular complexity index is 481. The van der Waals surface area contributed by atoms with Crippen LogP contribution in [0, 0.1) is 0 Å². The second kappa shape index (κ2) is 3.08. The van der Waals surface area contributed by atoms with E-state index in [0.29, 0.717) is 5.82 Å². The first-order valence-corrected chi connectivity index (χ1v) is 3.67. The van der Waals surface area contributed by atoms with Gasteiger partial charge < -0.3 is 0 Å². The molecule has 0 fully saturated rings. The maximum absolute atomic E-state index is 8.27. The van der Waals surface area contributed by atoms with Crippen LogP contribution in [-0.4, -0.2) is 10.2 Å². The van der Waals surface area contributed by atoms with E-state index >= 15 is 0 Å². The van der Waals surface area contributed by atoms with Crippen LogP contribution in [0.5, 0.6) is 0 Å². The zero-order chi connectivity index (χ0) is 9.10. The average molecular weight is 171 g/mol. The van der Waals surface area contributed by atoms with Crippen molar-refractivity contribution in [3.63, 3.8) is 0 Å². The summed E-state index contributed by atoms with van der Waals surface area (Å²) in [5, 5.41) is 12.6. The maximum atomic E-state index is 8.27. The van der Waals surface area contributed by atoms with Gasteiger partial charge in [0.1, 0.15) is 0 Å². The highest BCUT2D eigenvalue weighted by Gasteiger charge is 1.98. The molecule has 0 saturated carbocycles. The highest BCUT2D eigenvalue weighted by atomic mass is 15.2. The highest BCUT2D eigenvalue weighted by molar-refractivity contribution is 5.89. The van der Waals surface area contributed by atoms with Crippen molar-refractivity contribution in [3.8, 4) is 0 Å². The molecule has 1 heterocycles. The Morgan fingerprint density at radius 2 is 2.15 bits per heavy atom. The van der Waals surface area contributed by atoms with Crippen LogP contribution in [0.4, 0.5) is 5.82 Å². The molecule has 0 unspecified atom stereocenters. The van der Waals surface area contributed by atoms with Crippen LogP contribution in [0.25, 0.3) is 21.2 Å². The fourth-order valence-corrected chi connectivity index (χ4v) is 1.13. The molecule has 5 nitrogen and oxygen atoms in total. The number of hydrogen-bond acceptors (Lipinski definition) is 3. The van der Waals surface area contributed by atoms with Gasteiger partial charge in [-0.3, -0.25) is 0 Å². The zero-order valence-electron chi connectivity index (χ0n) is 6.62. The van der Waals surface area contributed by atoms with Crippen molar-refractivity contribution >= 4 is 16.6 Å². The molecule has 0 amide bonds. The molecule has 0 aliphatic rings. The van der Waals surface area contributed by atoms with Crippen molar-refractivity contribution in [1.29, 1.82) is 0 Å². The second-order valence-electron chi connectivity index (χ2n) is 2.44. The number of rotatable bonds is 1. The Balaban J connectivity index is 2.82. The number of aromatic nitrogens is 2. The number of benzene rings is 1. The molecule has 0 saturated heterocycles. The van der Waals surface area contributed by atoms with Gasteiger partial charge in [0.2, 0.25) is 0 Å². The lowest BCUT2D eigenvalue weighted by Gasteiger charge is -1.96. The Kier molecular flexibility index (Phi) is 1.78. The average Bonchev–Trinajstić information content (AvgIpc) is 2.19. The van der Waals surface area contributed by atoms with Gasteiger partial charge in [-0.2, -0.15) is 5.10 Å². The van der Waals surface area contributed by atoms with Gasteiger partial charge >= 0.3 is 0 Å². The second-order valence-corrected chi connectivity index (χ2v) is 2.44. The quantitative estimate of drug-likeness (QED) is 0.375. The van der Waals surface area contributed by atoms with Crippen LogP contribution in [0.1, 0.15) is 0 Å². The summed E-state index contributed by atoms with van der Waals surface area (Å²) in [5.74, 6) is 0.320. The minimum absolute atomic E-state index is 0.320. The summed E-state index contributed by atoms with van der Waals surface area (Å²) < 4.78 is 0. The van der Waals surface area contributed by atoms with Gasteiger partial charge in [0.25, 0.3) is 0 Å². The number of nitrogens with zero attached hydrogens (tertiary/aromatic N) is 5. The summed E-state index contributed by atoms with van der Waals surface area (Å²) in [5.41, 5.74) is 8.27. The summed E-state index contributed by atoms with van der Waals surface area (Å²) in [6, 6.07) is 7.48. The third-order valence-electron chi connectivity index (χ3n) is 1.69. The normalized spacial score (nSPS) is 9.54. The van der Waals surface area contributed by atoms with Gasteiger partial charge in [-0.05, 0) is 10.6 Å². The molecule has 2 aromatic rings. The van der Waals surface area contributed by atoms with Crippen molar-refractivity contribution < 1.29 is 0 Å². The van der Waals surface area contributed by atoms with Crippen LogP contribution in [0.3, 0.4) is 0 Å². The zero-order valence-corrected chi connectivity index (χ0v) is 6.62. The first kappa shape index (κ1) is 7.52. The molecule has 5 heteroatoms. The third-order valence-corrected chi connectivity index (χ3v) is 1.69. The molecule has 0 spiro atoms. The summed E-state index contributed by atoms with van der Waals surface area (Å²) in [6.07, 6.45) is 1.63. The molecule has 62 valence electrons. The van der Waals surface area contributed by atoms with Crippen LogP contribution in [0.2, 0.25) is 0 Å². The maximum Gasteiger partial charge on any atom is 0.157 e. The summed E-state index contributed by atoms with van der Waals surface area (Å²) in [7, 11) is 0. The van der Waals surface area contributed by atoms with Gasteiger partial charge in [-0.25, -0.2) is 0 Å². The molecule has 2 rings (SSSR count). The van der Waals surface area contributed by atoms with Crippen molar-refractivity contribution in [2.24, 2.45) is 5.11 Å². The monoisotopic (exact) mass is 171 g/mol. The molecule has 0 bridgehead atoms. The van der Waals surface area contributed by atoms with E-state index in [1.165, 1.54) is 0 Å². The van der Waals surface area contributed by atoms with E-state index in [0.717, 1.165) is 10.8 Å². The van der Waals surface area contributed by atoms with E-state index in [2.05, 4.69) is 20.2 Å². The van der Waals surface area contributed by atoms with Crippen LogP contribution < -0.4 is 0 Å². The van der Waals surface area contributed by atoms with E-state index in [9.17, 15) is 0 Å². The van der Waals surface area contributed by atoms with Crippen LogP contribution in [-0.2, 0) is 0 Å². The molecule has 0 aliphatic heterocycles.